The highest BCUT2D eigenvalue weighted by Crippen LogP contribution is 2.18. The Morgan fingerprint density at radius 2 is 1.86 bits per heavy atom. The number of hydrogen-bond donors (Lipinski definition) is 3. The third kappa shape index (κ3) is 5.31. The number of benzene rings is 2. The molecule has 1 atom stereocenters. The Bertz CT molecular complexity index is 840. The van der Waals surface area contributed by atoms with Crippen LogP contribution in [0, 0.1) is 0 Å². The van der Waals surface area contributed by atoms with Gasteiger partial charge in [-0.25, -0.2) is 0 Å². The molecule has 3 rings (SSSR count). The molecule has 0 aliphatic carbocycles. The molecule has 2 amide bonds. The zero-order valence-electron chi connectivity index (χ0n) is 15.6. The van der Waals surface area contributed by atoms with Gasteiger partial charge in [-0.3, -0.25) is 14.5 Å². The molecule has 28 heavy (non-hydrogen) atoms. The number of carbonyl (C=O) groups excluding carboxylic acids is 2. The zero-order valence-corrected chi connectivity index (χ0v) is 15.6. The molecule has 148 valence electrons. The summed E-state index contributed by atoms with van der Waals surface area (Å²) in [5.41, 5.74) is 8.14. The van der Waals surface area contributed by atoms with Crippen LogP contribution in [0.1, 0.15) is 21.5 Å². The first-order valence-electron chi connectivity index (χ1n) is 9.28. The van der Waals surface area contributed by atoms with Gasteiger partial charge in [-0.1, -0.05) is 36.4 Å². The van der Waals surface area contributed by atoms with Gasteiger partial charge in [0.15, 0.2) is 6.61 Å². The number of carbonyl (C=O) groups is 2. The van der Waals surface area contributed by atoms with E-state index in [1.165, 1.54) is 17.2 Å². The van der Waals surface area contributed by atoms with Gasteiger partial charge in [0.25, 0.3) is 11.8 Å². The lowest BCUT2D eigenvalue weighted by Crippen LogP contribution is -2.42. The van der Waals surface area contributed by atoms with Gasteiger partial charge >= 0.3 is 0 Å². The van der Waals surface area contributed by atoms with E-state index in [1.807, 2.05) is 12.1 Å². The maximum Gasteiger partial charge on any atom is 0.258 e. The quantitative estimate of drug-likeness (QED) is 0.622. The second kappa shape index (κ2) is 9.34. The van der Waals surface area contributed by atoms with Crippen LogP contribution >= 0.6 is 0 Å². The van der Waals surface area contributed by atoms with Crippen molar-refractivity contribution in [2.75, 3.05) is 26.2 Å². The number of amides is 2. The molecule has 0 aromatic heterocycles. The molecule has 7 heteroatoms. The van der Waals surface area contributed by atoms with Crippen molar-refractivity contribution in [3.63, 3.8) is 0 Å². The van der Waals surface area contributed by atoms with Crippen molar-refractivity contribution in [2.24, 2.45) is 5.73 Å². The minimum absolute atomic E-state index is 0.137. The summed E-state index contributed by atoms with van der Waals surface area (Å²) in [5, 5.41) is 12.9. The highest BCUT2D eigenvalue weighted by atomic mass is 16.5. The van der Waals surface area contributed by atoms with Crippen LogP contribution in [0.25, 0.3) is 0 Å². The number of nitrogens with one attached hydrogen (secondary N) is 1. The summed E-state index contributed by atoms with van der Waals surface area (Å²) < 4.78 is 5.38. The van der Waals surface area contributed by atoms with E-state index in [1.54, 1.807) is 18.2 Å². The Hall–Kier alpha value is -2.90. The van der Waals surface area contributed by atoms with Crippen LogP contribution in [-0.2, 0) is 17.8 Å². The number of aliphatic hydroxyl groups is 1. The molecule has 0 saturated carbocycles. The van der Waals surface area contributed by atoms with E-state index in [9.17, 15) is 14.7 Å². The fraction of sp³-hybridized carbons (Fsp3) is 0.333. The Morgan fingerprint density at radius 3 is 2.64 bits per heavy atom. The molecule has 7 nitrogen and oxygen atoms in total. The van der Waals surface area contributed by atoms with Crippen LogP contribution in [0.5, 0.6) is 5.75 Å². The molecule has 0 bridgehead atoms. The van der Waals surface area contributed by atoms with E-state index in [4.69, 9.17) is 10.5 Å². The average Bonchev–Trinajstić information content (AvgIpc) is 2.70. The first-order valence-corrected chi connectivity index (χ1v) is 9.28. The number of rotatable bonds is 8. The van der Waals surface area contributed by atoms with Gasteiger partial charge in [-0.2, -0.15) is 0 Å². The summed E-state index contributed by atoms with van der Waals surface area (Å²) in [5.74, 6) is -0.727. The van der Waals surface area contributed by atoms with E-state index >= 15 is 0 Å². The highest BCUT2D eigenvalue weighted by Gasteiger charge is 2.19. The van der Waals surface area contributed by atoms with Crippen molar-refractivity contribution in [1.29, 1.82) is 0 Å². The van der Waals surface area contributed by atoms with Gasteiger partial charge in [-0.05, 0) is 29.7 Å². The number of aliphatic hydroxyl groups excluding tert-OH is 1. The van der Waals surface area contributed by atoms with Crippen LogP contribution in [0.15, 0.2) is 48.5 Å². The summed E-state index contributed by atoms with van der Waals surface area (Å²) in [6.45, 7) is 2.05. The Kier molecular flexibility index (Phi) is 6.62. The van der Waals surface area contributed by atoms with E-state index in [2.05, 4.69) is 22.3 Å². The second-order valence-corrected chi connectivity index (χ2v) is 6.86. The maximum absolute atomic E-state index is 12.0. The van der Waals surface area contributed by atoms with Crippen molar-refractivity contribution in [1.82, 2.24) is 10.2 Å². The third-order valence-electron chi connectivity index (χ3n) is 4.72. The molecular weight excluding hydrogens is 358 g/mol. The summed E-state index contributed by atoms with van der Waals surface area (Å²) in [6, 6.07) is 14.8. The number of primary amides is 1. The average molecular weight is 383 g/mol. The predicted octanol–water partition coefficient (Wildman–Crippen LogP) is 0.700. The Morgan fingerprint density at radius 1 is 1.14 bits per heavy atom. The molecule has 2 aromatic rings. The number of fused-ring (bicyclic) bond motifs is 1. The van der Waals surface area contributed by atoms with E-state index < -0.39 is 12.0 Å². The van der Waals surface area contributed by atoms with Crippen molar-refractivity contribution in [2.45, 2.75) is 19.1 Å². The van der Waals surface area contributed by atoms with E-state index in [0.717, 1.165) is 19.5 Å². The molecule has 1 unspecified atom stereocenters. The van der Waals surface area contributed by atoms with Crippen LogP contribution < -0.4 is 15.8 Å². The molecule has 2 aromatic carbocycles. The number of nitrogens with zero attached hydrogens (tertiary/aromatic N) is 1. The minimum Gasteiger partial charge on any atom is -0.483 e. The Labute approximate surface area is 164 Å². The normalized spacial score (nSPS) is 14.8. The topological polar surface area (TPSA) is 105 Å². The summed E-state index contributed by atoms with van der Waals surface area (Å²) in [7, 11) is 0. The number of ether oxygens (including phenoxy) is 1. The summed E-state index contributed by atoms with van der Waals surface area (Å²) >= 11 is 0. The van der Waals surface area contributed by atoms with Crippen LogP contribution in [0.2, 0.25) is 0 Å². The van der Waals surface area contributed by atoms with E-state index in [0.29, 0.717) is 6.54 Å². The van der Waals surface area contributed by atoms with Crippen molar-refractivity contribution in [3.8, 4) is 5.75 Å². The maximum atomic E-state index is 12.0. The smallest absolute Gasteiger partial charge is 0.258 e. The standard InChI is InChI=1S/C21H25N3O4/c22-21(27)18-7-3-4-8-19(18)28-14-20(26)23-11-17(25)13-24-10-9-15-5-1-2-6-16(15)12-24/h1-8,17,25H,9-14H2,(H2,22,27)(H,23,26). The lowest BCUT2D eigenvalue weighted by molar-refractivity contribution is -0.123. The third-order valence-corrected chi connectivity index (χ3v) is 4.72. The summed E-state index contributed by atoms with van der Waals surface area (Å²) in [6.07, 6.45) is 0.287. The highest BCUT2D eigenvalue weighted by molar-refractivity contribution is 5.95. The lowest BCUT2D eigenvalue weighted by atomic mass is 10.00. The van der Waals surface area contributed by atoms with Crippen LogP contribution in [-0.4, -0.2) is 54.2 Å². The number of hydrogen-bond acceptors (Lipinski definition) is 5. The van der Waals surface area contributed by atoms with Gasteiger partial charge in [0, 0.05) is 26.2 Å². The lowest BCUT2D eigenvalue weighted by Gasteiger charge is -2.30. The number of nitrogens with two attached hydrogens (primary N) is 1. The largest absolute Gasteiger partial charge is 0.483 e. The fourth-order valence-electron chi connectivity index (χ4n) is 3.29. The van der Waals surface area contributed by atoms with Crippen LogP contribution in [0.4, 0.5) is 0 Å². The van der Waals surface area contributed by atoms with Gasteiger partial charge in [0.1, 0.15) is 5.75 Å². The second-order valence-electron chi connectivity index (χ2n) is 6.86. The first-order chi connectivity index (χ1) is 13.5. The van der Waals surface area contributed by atoms with E-state index in [-0.39, 0.29) is 30.4 Å². The molecule has 1 heterocycles. The first kappa shape index (κ1) is 19.9. The minimum atomic E-state index is -0.674. The van der Waals surface area contributed by atoms with Crippen molar-refractivity contribution in [3.05, 3.63) is 65.2 Å². The molecule has 4 N–H and O–H groups in total. The number of β-amino-alcohol motifs (C(OH)–C–C–N with tert-alkyl or cyclic N) is 1. The fourth-order valence-corrected chi connectivity index (χ4v) is 3.29. The number of para-hydroxylation sites is 1. The molecule has 0 spiro atoms. The molecule has 1 aliphatic heterocycles. The molecule has 0 fully saturated rings. The Balaban J connectivity index is 1.41. The van der Waals surface area contributed by atoms with Gasteiger partial charge in [0.05, 0.1) is 11.7 Å². The monoisotopic (exact) mass is 383 g/mol. The molecular formula is C21H25N3O4. The van der Waals surface area contributed by atoms with Gasteiger partial charge in [-0.15, -0.1) is 0 Å². The van der Waals surface area contributed by atoms with Crippen LogP contribution in [0.3, 0.4) is 0 Å². The van der Waals surface area contributed by atoms with Gasteiger partial charge < -0.3 is 20.9 Å². The molecule has 0 radical (unpaired) electrons. The molecule has 1 aliphatic rings. The van der Waals surface area contributed by atoms with Crippen molar-refractivity contribution >= 4 is 11.8 Å². The zero-order chi connectivity index (χ0) is 19.9. The van der Waals surface area contributed by atoms with Crippen molar-refractivity contribution < 1.29 is 19.4 Å². The molecule has 0 saturated heterocycles. The SMILES string of the molecule is NC(=O)c1ccccc1OCC(=O)NCC(O)CN1CCc2ccccc2C1. The predicted molar refractivity (Wildman–Crippen MR) is 105 cm³/mol. The van der Waals surface area contributed by atoms with Gasteiger partial charge in [0.2, 0.25) is 0 Å². The summed E-state index contributed by atoms with van der Waals surface area (Å²) in [4.78, 5) is 25.5.